The molecule has 0 aromatic heterocycles. The Labute approximate surface area is 82.5 Å². The Bertz CT molecular complexity index is 350. The van der Waals surface area contributed by atoms with Gasteiger partial charge >= 0.3 is 5.97 Å². The first-order valence-corrected chi connectivity index (χ1v) is 4.35. The number of hydrogen-bond donors (Lipinski definition) is 3. The Morgan fingerprint density at radius 1 is 1.57 bits per heavy atom. The third kappa shape index (κ3) is 2.10. The first-order valence-electron chi connectivity index (χ1n) is 4.35. The molecule has 1 atom stereocenters. The molecule has 0 aliphatic heterocycles. The minimum atomic E-state index is -0.930. The van der Waals surface area contributed by atoms with E-state index >= 15 is 0 Å². The Morgan fingerprint density at radius 2 is 2.21 bits per heavy atom. The molecule has 0 amide bonds. The number of nitrogens with two attached hydrogens (primary N) is 2. The van der Waals surface area contributed by atoms with Gasteiger partial charge in [-0.1, -0.05) is 6.07 Å². The molecule has 4 heteroatoms. The van der Waals surface area contributed by atoms with Gasteiger partial charge in [-0.3, -0.25) is 0 Å². The summed E-state index contributed by atoms with van der Waals surface area (Å²) in [6.45, 7) is 2.19. The van der Waals surface area contributed by atoms with Crippen molar-refractivity contribution in [2.75, 3.05) is 6.54 Å². The van der Waals surface area contributed by atoms with Crippen LogP contribution in [0.25, 0.3) is 0 Å². The molecule has 1 aromatic rings. The molecule has 0 heterocycles. The smallest absolute Gasteiger partial charge is 0.335 e. The lowest BCUT2D eigenvalue weighted by Crippen LogP contribution is -2.21. The average Bonchev–Trinajstić information content (AvgIpc) is 2.16. The van der Waals surface area contributed by atoms with Crippen molar-refractivity contribution in [3.05, 3.63) is 34.9 Å². The third-order valence-electron chi connectivity index (χ3n) is 2.17. The monoisotopic (exact) mass is 194 g/mol. The second-order valence-corrected chi connectivity index (χ2v) is 3.22. The maximum absolute atomic E-state index is 10.6. The number of rotatable bonds is 3. The number of carboxylic acid groups (broad SMARTS) is 1. The van der Waals surface area contributed by atoms with E-state index in [-0.39, 0.29) is 11.6 Å². The van der Waals surface area contributed by atoms with E-state index in [1.54, 1.807) is 18.2 Å². The third-order valence-corrected chi connectivity index (χ3v) is 2.17. The molecule has 0 aliphatic rings. The van der Waals surface area contributed by atoms with Crippen molar-refractivity contribution in [2.45, 2.75) is 13.0 Å². The maximum Gasteiger partial charge on any atom is 0.335 e. The zero-order chi connectivity index (χ0) is 10.7. The summed E-state index contributed by atoms with van der Waals surface area (Å²) in [7, 11) is 0. The summed E-state index contributed by atoms with van der Waals surface area (Å²) < 4.78 is 0. The molecule has 1 rings (SSSR count). The van der Waals surface area contributed by atoms with Crippen molar-refractivity contribution >= 4 is 5.97 Å². The standard InChI is InChI=1S/C10H14N2O2/c1-6-4-7(10(13)14)2-3-8(6)9(12)5-11/h2-4,9H,5,11-12H2,1H3,(H,13,14)/t9-/m0/s1. The molecule has 0 unspecified atom stereocenters. The van der Waals surface area contributed by atoms with Crippen molar-refractivity contribution in [2.24, 2.45) is 11.5 Å². The number of carbonyl (C=O) groups is 1. The summed E-state index contributed by atoms with van der Waals surface area (Å²) in [4.78, 5) is 10.6. The van der Waals surface area contributed by atoms with Crippen LogP contribution in [0.15, 0.2) is 18.2 Å². The lowest BCUT2D eigenvalue weighted by Gasteiger charge is -2.12. The van der Waals surface area contributed by atoms with Crippen LogP contribution in [0.5, 0.6) is 0 Å². The predicted octanol–water partition coefficient (Wildman–Crippen LogP) is 0.652. The van der Waals surface area contributed by atoms with Crippen LogP contribution in [0, 0.1) is 6.92 Å². The Balaban J connectivity index is 3.07. The number of aromatic carboxylic acids is 1. The number of aryl methyl sites for hydroxylation is 1. The first kappa shape index (κ1) is 10.7. The number of hydrogen-bond acceptors (Lipinski definition) is 3. The van der Waals surface area contributed by atoms with Gasteiger partial charge in [0.25, 0.3) is 0 Å². The molecule has 1 aromatic carbocycles. The zero-order valence-electron chi connectivity index (χ0n) is 8.03. The van der Waals surface area contributed by atoms with Crippen LogP contribution in [0.3, 0.4) is 0 Å². The quantitative estimate of drug-likeness (QED) is 0.659. The minimum Gasteiger partial charge on any atom is -0.478 e. The molecule has 4 nitrogen and oxygen atoms in total. The molecule has 0 aliphatic carbocycles. The lowest BCUT2D eigenvalue weighted by atomic mass is 9.99. The van der Waals surface area contributed by atoms with Crippen molar-refractivity contribution in [1.29, 1.82) is 0 Å². The Hall–Kier alpha value is -1.39. The molecule has 5 N–H and O–H groups in total. The van der Waals surface area contributed by atoms with Crippen LogP contribution in [0.2, 0.25) is 0 Å². The van der Waals surface area contributed by atoms with Crippen LogP contribution in [0.1, 0.15) is 27.5 Å². The molecule has 0 radical (unpaired) electrons. The van der Waals surface area contributed by atoms with Gasteiger partial charge in [0.2, 0.25) is 0 Å². The van der Waals surface area contributed by atoms with Crippen LogP contribution in [-0.2, 0) is 0 Å². The highest BCUT2D eigenvalue weighted by molar-refractivity contribution is 5.87. The normalized spacial score (nSPS) is 12.5. The second-order valence-electron chi connectivity index (χ2n) is 3.22. The van der Waals surface area contributed by atoms with Gasteiger partial charge in [-0.2, -0.15) is 0 Å². The van der Waals surface area contributed by atoms with Crippen LogP contribution >= 0.6 is 0 Å². The van der Waals surface area contributed by atoms with Gasteiger partial charge in [-0.05, 0) is 30.2 Å². The zero-order valence-corrected chi connectivity index (χ0v) is 8.03. The van der Waals surface area contributed by atoms with Crippen LogP contribution in [0.4, 0.5) is 0 Å². The molecule has 0 bridgehead atoms. The summed E-state index contributed by atoms with van der Waals surface area (Å²) in [6.07, 6.45) is 0. The van der Waals surface area contributed by atoms with E-state index in [0.717, 1.165) is 11.1 Å². The molecule has 0 fully saturated rings. The molecular formula is C10H14N2O2. The largest absolute Gasteiger partial charge is 0.478 e. The maximum atomic E-state index is 10.6. The van der Waals surface area contributed by atoms with E-state index < -0.39 is 5.97 Å². The number of carboxylic acids is 1. The van der Waals surface area contributed by atoms with Crippen LogP contribution in [-0.4, -0.2) is 17.6 Å². The fourth-order valence-corrected chi connectivity index (χ4v) is 1.35. The van der Waals surface area contributed by atoms with E-state index in [0.29, 0.717) is 6.54 Å². The first-order chi connectivity index (χ1) is 6.56. The molecular weight excluding hydrogens is 180 g/mol. The van der Waals surface area contributed by atoms with Crippen molar-refractivity contribution < 1.29 is 9.90 Å². The summed E-state index contributed by atoms with van der Waals surface area (Å²) >= 11 is 0. The van der Waals surface area contributed by atoms with E-state index in [1.165, 1.54) is 0 Å². The highest BCUT2D eigenvalue weighted by Crippen LogP contribution is 2.16. The van der Waals surface area contributed by atoms with Gasteiger partial charge in [-0.25, -0.2) is 4.79 Å². The van der Waals surface area contributed by atoms with Gasteiger partial charge in [-0.15, -0.1) is 0 Å². The highest BCUT2D eigenvalue weighted by Gasteiger charge is 2.09. The SMILES string of the molecule is Cc1cc(C(=O)O)ccc1[C@@H](N)CN. The van der Waals surface area contributed by atoms with Gasteiger partial charge in [0.1, 0.15) is 0 Å². The summed E-state index contributed by atoms with van der Waals surface area (Å²) in [5.74, 6) is -0.930. The fraction of sp³-hybridized carbons (Fsp3) is 0.300. The van der Waals surface area contributed by atoms with E-state index in [9.17, 15) is 4.79 Å². The molecule has 76 valence electrons. The van der Waals surface area contributed by atoms with E-state index in [1.807, 2.05) is 6.92 Å². The minimum absolute atomic E-state index is 0.224. The van der Waals surface area contributed by atoms with Gasteiger partial charge in [0, 0.05) is 12.6 Å². The van der Waals surface area contributed by atoms with Gasteiger partial charge in [0.05, 0.1) is 5.56 Å². The van der Waals surface area contributed by atoms with Crippen LogP contribution < -0.4 is 11.5 Å². The van der Waals surface area contributed by atoms with Crippen molar-refractivity contribution in [1.82, 2.24) is 0 Å². The lowest BCUT2D eigenvalue weighted by molar-refractivity contribution is 0.0697. The Kier molecular flexibility index (Phi) is 3.22. The van der Waals surface area contributed by atoms with E-state index in [4.69, 9.17) is 16.6 Å². The summed E-state index contributed by atoms with van der Waals surface area (Å²) in [6, 6.07) is 4.64. The van der Waals surface area contributed by atoms with Gasteiger partial charge in [0.15, 0.2) is 0 Å². The van der Waals surface area contributed by atoms with E-state index in [2.05, 4.69) is 0 Å². The van der Waals surface area contributed by atoms with Crippen molar-refractivity contribution in [3.8, 4) is 0 Å². The predicted molar refractivity (Wildman–Crippen MR) is 54.1 cm³/mol. The number of benzene rings is 1. The highest BCUT2D eigenvalue weighted by atomic mass is 16.4. The topological polar surface area (TPSA) is 89.3 Å². The van der Waals surface area contributed by atoms with Gasteiger partial charge < -0.3 is 16.6 Å². The molecule has 0 saturated carbocycles. The fourth-order valence-electron chi connectivity index (χ4n) is 1.35. The molecule has 0 spiro atoms. The van der Waals surface area contributed by atoms with Crippen molar-refractivity contribution in [3.63, 3.8) is 0 Å². The summed E-state index contributed by atoms with van der Waals surface area (Å²) in [5.41, 5.74) is 13.2. The molecule has 14 heavy (non-hydrogen) atoms. The Morgan fingerprint density at radius 3 is 2.64 bits per heavy atom. The summed E-state index contributed by atoms with van der Waals surface area (Å²) in [5, 5.41) is 8.74. The average molecular weight is 194 g/mol. The second kappa shape index (κ2) is 4.21. The molecule has 0 saturated heterocycles.